The largest absolute Gasteiger partial charge is 0.437 e. The van der Waals surface area contributed by atoms with Crippen molar-refractivity contribution in [3.05, 3.63) is 96.6 Å². The molecule has 6 heteroatoms. The first-order chi connectivity index (χ1) is 16.3. The van der Waals surface area contributed by atoms with Crippen molar-refractivity contribution >= 4 is 31.5 Å². The van der Waals surface area contributed by atoms with Gasteiger partial charge in [-0.3, -0.25) is 9.61 Å². The summed E-state index contributed by atoms with van der Waals surface area (Å²) in [6, 6.07) is 30.2. The van der Waals surface area contributed by atoms with Gasteiger partial charge in [0.1, 0.15) is 0 Å². The Morgan fingerprint density at radius 1 is 0.912 bits per heavy atom. The number of nitrogens with zero attached hydrogens (tertiary/aromatic N) is 1. The van der Waals surface area contributed by atoms with Gasteiger partial charge in [0.25, 0.3) is 8.32 Å². The number of hydrogen-bond donors (Lipinski definition) is 1. The molecule has 3 aromatic rings. The van der Waals surface area contributed by atoms with Gasteiger partial charge in [0.15, 0.2) is 5.78 Å². The molecule has 2 atom stereocenters. The minimum atomic E-state index is -2.77. The molecule has 0 bridgehead atoms. The average Bonchev–Trinajstić information content (AvgIpc) is 3.17. The Labute approximate surface area is 204 Å². The predicted octanol–water partition coefficient (Wildman–Crippen LogP) is 4.06. The van der Waals surface area contributed by atoms with Crippen LogP contribution in [0.3, 0.4) is 0 Å². The molecule has 1 fully saturated rings. The SMILES string of the molecule is CB(O)N1C(CO[Si](c2ccccc2)(c2ccccc2)C(C)(C)C)C(=O)CC1c1ccccc1. The van der Waals surface area contributed by atoms with E-state index in [0.29, 0.717) is 6.42 Å². The van der Waals surface area contributed by atoms with Gasteiger partial charge >= 0.3 is 7.05 Å². The van der Waals surface area contributed by atoms with Crippen LogP contribution in [0, 0.1) is 0 Å². The van der Waals surface area contributed by atoms with E-state index in [9.17, 15) is 9.82 Å². The van der Waals surface area contributed by atoms with Gasteiger partial charge in [-0.25, -0.2) is 0 Å². The predicted molar refractivity (Wildman–Crippen MR) is 142 cm³/mol. The summed E-state index contributed by atoms with van der Waals surface area (Å²) in [5.74, 6) is 0.118. The molecule has 2 unspecified atom stereocenters. The first-order valence-corrected chi connectivity index (χ1v) is 13.9. The molecule has 3 aromatic carbocycles. The summed E-state index contributed by atoms with van der Waals surface area (Å²) in [6.45, 7) is 8.68. The molecule has 176 valence electrons. The molecule has 0 saturated carbocycles. The van der Waals surface area contributed by atoms with Crippen LogP contribution < -0.4 is 10.4 Å². The summed E-state index contributed by atoms with van der Waals surface area (Å²) in [5.41, 5.74) is 1.05. The van der Waals surface area contributed by atoms with E-state index in [0.717, 1.165) is 5.56 Å². The standard InChI is InChI=1S/C28H34BNO3Si/c1-28(2,3)34(23-16-10-6-11-17-23,24-18-12-7-13-19-24)33-21-26-27(31)20-25(30(26)29(4)32)22-14-8-5-9-15-22/h5-19,25-26,32H,20-21H2,1-4H3. The topological polar surface area (TPSA) is 49.8 Å². The lowest BCUT2D eigenvalue weighted by Gasteiger charge is -2.44. The van der Waals surface area contributed by atoms with E-state index in [4.69, 9.17) is 4.43 Å². The zero-order chi connectivity index (χ0) is 24.3. The molecule has 1 saturated heterocycles. The Morgan fingerprint density at radius 2 is 1.38 bits per heavy atom. The molecule has 1 heterocycles. The summed E-state index contributed by atoms with van der Waals surface area (Å²) < 4.78 is 7.05. The average molecular weight is 471 g/mol. The fourth-order valence-corrected chi connectivity index (χ4v) is 10.0. The van der Waals surface area contributed by atoms with Gasteiger partial charge in [-0.05, 0) is 27.8 Å². The fourth-order valence-electron chi connectivity index (χ4n) is 5.45. The molecule has 4 nitrogen and oxygen atoms in total. The highest BCUT2D eigenvalue weighted by Gasteiger charge is 2.52. The molecule has 0 amide bonds. The van der Waals surface area contributed by atoms with Crippen molar-refractivity contribution in [3.63, 3.8) is 0 Å². The van der Waals surface area contributed by atoms with E-state index in [-0.39, 0.29) is 23.5 Å². The maximum Gasteiger partial charge on any atom is 0.377 e. The van der Waals surface area contributed by atoms with Crippen LogP contribution in [-0.2, 0) is 9.22 Å². The highest BCUT2D eigenvalue weighted by Crippen LogP contribution is 2.39. The zero-order valence-corrected chi connectivity index (χ0v) is 21.5. The van der Waals surface area contributed by atoms with Crippen molar-refractivity contribution < 1.29 is 14.2 Å². The lowest BCUT2D eigenvalue weighted by molar-refractivity contribution is -0.120. The molecule has 0 aliphatic carbocycles. The van der Waals surface area contributed by atoms with Crippen molar-refractivity contribution in [2.75, 3.05) is 6.61 Å². The van der Waals surface area contributed by atoms with Crippen LogP contribution in [0.25, 0.3) is 0 Å². The van der Waals surface area contributed by atoms with E-state index in [2.05, 4.69) is 69.3 Å². The number of benzene rings is 3. The van der Waals surface area contributed by atoms with Crippen LogP contribution >= 0.6 is 0 Å². The number of Topliss-reactive ketones (excluding diaryl/α,β-unsaturated/α-hetero) is 1. The second-order valence-electron chi connectivity index (χ2n) is 10.2. The number of ketones is 1. The van der Waals surface area contributed by atoms with Crippen molar-refractivity contribution in [2.24, 2.45) is 0 Å². The van der Waals surface area contributed by atoms with Crippen LogP contribution in [0.4, 0.5) is 0 Å². The third-order valence-corrected chi connectivity index (χ3v) is 12.0. The number of carbonyl (C=O) groups is 1. The second-order valence-corrected chi connectivity index (χ2v) is 14.5. The molecule has 34 heavy (non-hydrogen) atoms. The summed E-state index contributed by atoms with van der Waals surface area (Å²) in [5, 5.41) is 12.9. The van der Waals surface area contributed by atoms with Gasteiger partial charge in [-0.15, -0.1) is 0 Å². The first kappa shape index (κ1) is 24.6. The molecule has 1 aliphatic rings. The van der Waals surface area contributed by atoms with Gasteiger partial charge in [0.2, 0.25) is 0 Å². The van der Waals surface area contributed by atoms with Crippen LogP contribution in [-0.4, -0.2) is 43.6 Å². The monoisotopic (exact) mass is 471 g/mol. The summed E-state index contributed by atoms with van der Waals surface area (Å²) in [6.07, 6.45) is 0.379. The van der Waals surface area contributed by atoms with E-state index < -0.39 is 21.4 Å². The van der Waals surface area contributed by atoms with Gasteiger partial charge < -0.3 is 9.45 Å². The second kappa shape index (κ2) is 10.0. The number of carbonyl (C=O) groups excluding carboxylic acids is 1. The Bertz CT molecular complexity index is 1050. The smallest absolute Gasteiger partial charge is 0.377 e. The van der Waals surface area contributed by atoms with Crippen LogP contribution in [0.5, 0.6) is 0 Å². The van der Waals surface area contributed by atoms with Crippen LogP contribution in [0.2, 0.25) is 11.9 Å². The Balaban J connectivity index is 1.74. The van der Waals surface area contributed by atoms with E-state index in [1.54, 1.807) is 6.82 Å². The third-order valence-electron chi connectivity index (χ3n) is 6.98. The van der Waals surface area contributed by atoms with E-state index in [1.807, 2.05) is 47.3 Å². The molecule has 0 aromatic heterocycles. The van der Waals surface area contributed by atoms with Crippen LogP contribution in [0.1, 0.15) is 38.8 Å². The Morgan fingerprint density at radius 3 is 1.82 bits per heavy atom. The van der Waals surface area contributed by atoms with Crippen molar-refractivity contribution in [1.29, 1.82) is 0 Å². The quantitative estimate of drug-likeness (QED) is 0.528. The Kier molecular flexibility index (Phi) is 7.24. The van der Waals surface area contributed by atoms with Crippen molar-refractivity contribution in [1.82, 2.24) is 4.81 Å². The normalized spacial score (nSPS) is 19.4. The molecule has 1 aliphatic heterocycles. The molecule has 4 rings (SSSR count). The zero-order valence-electron chi connectivity index (χ0n) is 20.5. The Hall–Kier alpha value is -2.51. The molecular weight excluding hydrogens is 437 g/mol. The van der Waals surface area contributed by atoms with Crippen molar-refractivity contribution in [3.8, 4) is 0 Å². The van der Waals surface area contributed by atoms with Gasteiger partial charge in [0.05, 0.1) is 12.6 Å². The number of rotatable bonds is 7. The molecule has 1 N–H and O–H groups in total. The number of hydrogen-bond acceptors (Lipinski definition) is 4. The van der Waals surface area contributed by atoms with Crippen molar-refractivity contribution in [2.45, 2.75) is 51.1 Å². The van der Waals surface area contributed by atoms with Gasteiger partial charge in [0, 0.05) is 12.5 Å². The van der Waals surface area contributed by atoms with Gasteiger partial charge in [-0.2, -0.15) is 0 Å². The first-order valence-electron chi connectivity index (χ1n) is 12.0. The lowest BCUT2D eigenvalue weighted by Crippen LogP contribution is -2.67. The van der Waals surface area contributed by atoms with Crippen LogP contribution in [0.15, 0.2) is 91.0 Å². The van der Waals surface area contributed by atoms with E-state index >= 15 is 0 Å². The summed E-state index contributed by atoms with van der Waals surface area (Å²) >= 11 is 0. The highest BCUT2D eigenvalue weighted by molar-refractivity contribution is 6.99. The minimum absolute atomic E-state index is 0.118. The minimum Gasteiger partial charge on any atom is -0.437 e. The molecule has 0 radical (unpaired) electrons. The van der Waals surface area contributed by atoms with E-state index in [1.165, 1.54) is 10.4 Å². The summed E-state index contributed by atoms with van der Waals surface area (Å²) in [4.78, 5) is 15.2. The molecule has 0 spiro atoms. The fraction of sp³-hybridized carbons (Fsp3) is 0.321. The maximum absolute atomic E-state index is 13.3. The maximum atomic E-state index is 13.3. The lowest BCUT2D eigenvalue weighted by atomic mass is 9.82. The van der Waals surface area contributed by atoms with Gasteiger partial charge in [-0.1, -0.05) is 112 Å². The summed E-state index contributed by atoms with van der Waals surface area (Å²) in [7, 11) is -3.53. The third kappa shape index (κ3) is 4.56. The molecular formula is C28H34BNO3Si. The highest BCUT2D eigenvalue weighted by atomic mass is 28.4.